The molecule has 0 aliphatic rings. The Morgan fingerprint density at radius 3 is 2.54 bits per heavy atom. The van der Waals surface area contributed by atoms with E-state index in [1.807, 2.05) is 12.1 Å². The molecular weight excluding hydrogens is 331 g/mol. The number of nitrogens with one attached hydrogen (secondary N) is 2. The van der Waals surface area contributed by atoms with E-state index in [0.717, 1.165) is 22.8 Å². The molecule has 24 heavy (non-hydrogen) atoms. The minimum atomic E-state index is -3.36. The van der Waals surface area contributed by atoms with Crippen molar-refractivity contribution in [2.75, 3.05) is 17.3 Å². The number of carbonyl (C=O) groups is 1. The molecular formula is C17H15FN2O3S. The molecule has 0 bridgehead atoms. The minimum Gasteiger partial charge on any atom is -0.360 e. The standard InChI is InChI=1S/C17H15FN2O3S/c1-24(22,23)10-17(21)20-13-5-2-11(3-6-13)15-9-19-16-8-12(18)4-7-14(15)16/h2-9,19H,10H2,1H3,(H,20,21). The summed E-state index contributed by atoms with van der Waals surface area (Å²) in [5.74, 6) is -1.43. The van der Waals surface area contributed by atoms with Gasteiger partial charge in [-0.25, -0.2) is 12.8 Å². The Hall–Kier alpha value is -2.67. The number of fused-ring (bicyclic) bond motifs is 1. The van der Waals surface area contributed by atoms with E-state index >= 15 is 0 Å². The van der Waals surface area contributed by atoms with Gasteiger partial charge >= 0.3 is 0 Å². The number of H-pyrrole nitrogens is 1. The van der Waals surface area contributed by atoms with Gasteiger partial charge in [0, 0.05) is 34.6 Å². The third-order valence-electron chi connectivity index (χ3n) is 3.52. The maximum Gasteiger partial charge on any atom is 0.239 e. The van der Waals surface area contributed by atoms with Crippen molar-refractivity contribution in [2.45, 2.75) is 0 Å². The molecule has 0 spiro atoms. The summed E-state index contributed by atoms with van der Waals surface area (Å²) in [6.45, 7) is 0. The van der Waals surface area contributed by atoms with Gasteiger partial charge in [0.05, 0.1) is 0 Å². The largest absolute Gasteiger partial charge is 0.360 e. The van der Waals surface area contributed by atoms with Crippen LogP contribution in [0.4, 0.5) is 10.1 Å². The van der Waals surface area contributed by atoms with Crippen LogP contribution in [0.2, 0.25) is 0 Å². The van der Waals surface area contributed by atoms with Gasteiger partial charge in [0.15, 0.2) is 9.84 Å². The number of hydrogen-bond acceptors (Lipinski definition) is 3. The zero-order valence-electron chi connectivity index (χ0n) is 12.8. The Balaban J connectivity index is 1.82. The number of aromatic amines is 1. The zero-order chi connectivity index (χ0) is 17.3. The zero-order valence-corrected chi connectivity index (χ0v) is 13.7. The molecule has 0 unspecified atom stereocenters. The first-order valence-corrected chi connectivity index (χ1v) is 9.22. The van der Waals surface area contributed by atoms with Crippen molar-refractivity contribution in [2.24, 2.45) is 0 Å². The fourth-order valence-corrected chi connectivity index (χ4v) is 3.05. The lowest BCUT2D eigenvalue weighted by Gasteiger charge is -2.06. The van der Waals surface area contributed by atoms with Gasteiger partial charge in [0.1, 0.15) is 11.6 Å². The third-order valence-corrected chi connectivity index (χ3v) is 4.30. The van der Waals surface area contributed by atoms with E-state index in [2.05, 4.69) is 10.3 Å². The number of anilines is 1. The molecule has 0 saturated carbocycles. The van der Waals surface area contributed by atoms with E-state index in [1.165, 1.54) is 12.1 Å². The second-order valence-electron chi connectivity index (χ2n) is 5.59. The predicted octanol–water partition coefficient (Wildman–Crippen LogP) is 2.96. The minimum absolute atomic E-state index is 0.306. The molecule has 0 aliphatic carbocycles. The van der Waals surface area contributed by atoms with Gasteiger partial charge in [0.2, 0.25) is 5.91 Å². The molecule has 1 heterocycles. The van der Waals surface area contributed by atoms with Crippen LogP contribution in [0.3, 0.4) is 0 Å². The summed E-state index contributed by atoms with van der Waals surface area (Å²) in [5, 5.41) is 3.43. The molecule has 3 aromatic rings. The van der Waals surface area contributed by atoms with Crippen molar-refractivity contribution in [3.05, 3.63) is 54.5 Å². The molecule has 7 heteroatoms. The molecule has 0 aliphatic heterocycles. The van der Waals surface area contributed by atoms with Crippen LogP contribution in [-0.4, -0.2) is 31.3 Å². The summed E-state index contributed by atoms with van der Waals surface area (Å²) in [6.07, 6.45) is 2.80. The smallest absolute Gasteiger partial charge is 0.239 e. The average Bonchev–Trinajstić information content (AvgIpc) is 2.89. The van der Waals surface area contributed by atoms with Gasteiger partial charge in [-0.05, 0) is 35.9 Å². The first-order valence-electron chi connectivity index (χ1n) is 7.16. The Morgan fingerprint density at radius 1 is 1.17 bits per heavy atom. The first kappa shape index (κ1) is 16.2. The monoisotopic (exact) mass is 346 g/mol. The molecule has 3 rings (SSSR count). The van der Waals surface area contributed by atoms with Crippen molar-refractivity contribution in [3.8, 4) is 11.1 Å². The summed E-state index contributed by atoms with van der Waals surface area (Å²) in [6, 6.07) is 11.5. The van der Waals surface area contributed by atoms with Gasteiger partial charge in [-0.1, -0.05) is 12.1 Å². The molecule has 0 radical (unpaired) electrons. The highest BCUT2D eigenvalue weighted by molar-refractivity contribution is 7.91. The Morgan fingerprint density at radius 2 is 1.88 bits per heavy atom. The number of aromatic nitrogens is 1. The normalized spacial score (nSPS) is 11.6. The quantitative estimate of drug-likeness (QED) is 0.762. The number of hydrogen-bond donors (Lipinski definition) is 2. The van der Waals surface area contributed by atoms with E-state index in [1.54, 1.807) is 24.4 Å². The second-order valence-corrected chi connectivity index (χ2v) is 7.73. The van der Waals surface area contributed by atoms with E-state index in [9.17, 15) is 17.6 Å². The Bertz CT molecular complexity index is 1010. The van der Waals surface area contributed by atoms with Crippen LogP contribution in [0.5, 0.6) is 0 Å². The molecule has 0 fully saturated rings. The number of halogens is 1. The van der Waals surface area contributed by atoms with Gasteiger partial charge in [0.25, 0.3) is 0 Å². The maximum absolute atomic E-state index is 13.2. The average molecular weight is 346 g/mol. The van der Waals surface area contributed by atoms with E-state index < -0.39 is 21.5 Å². The van der Waals surface area contributed by atoms with Gasteiger partial charge < -0.3 is 10.3 Å². The summed E-state index contributed by atoms with van der Waals surface area (Å²) in [4.78, 5) is 14.6. The maximum atomic E-state index is 13.2. The van der Waals surface area contributed by atoms with Gasteiger partial charge in [-0.3, -0.25) is 4.79 Å². The van der Waals surface area contributed by atoms with Crippen LogP contribution in [0.15, 0.2) is 48.7 Å². The van der Waals surface area contributed by atoms with Crippen LogP contribution < -0.4 is 5.32 Å². The Labute approximate surface area is 138 Å². The third kappa shape index (κ3) is 3.62. The molecule has 2 aromatic carbocycles. The summed E-state index contributed by atoms with van der Waals surface area (Å²) < 4.78 is 35.4. The lowest BCUT2D eigenvalue weighted by molar-refractivity contribution is -0.113. The molecule has 2 N–H and O–H groups in total. The molecule has 0 atom stereocenters. The highest BCUT2D eigenvalue weighted by Crippen LogP contribution is 2.29. The molecule has 0 saturated heterocycles. The highest BCUT2D eigenvalue weighted by atomic mass is 32.2. The second kappa shape index (κ2) is 6.09. The van der Waals surface area contributed by atoms with Crippen molar-refractivity contribution in [1.29, 1.82) is 0 Å². The van der Waals surface area contributed by atoms with E-state index in [0.29, 0.717) is 11.2 Å². The van der Waals surface area contributed by atoms with Crippen molar-refractivity contribution < 1.29 is 17.6 Å². The SMILES string of the molecule is CS(=O)(=O)CC(=O)Nc1ccc(-c2c[nH]c3cc(F)ccc23)cc1. The first-order chi connectivity index (χ1) is 11.3. The number of amides is 1. The van der Waals surface area contributed by atoms with Crippen LogP contribution >= 0.6 is 0 Å². The van der Waals surface area contributed by atoms with Crippen molar-refractivity contribution in [1.82, 2.24) is 4.98 Å². The summed E-state index contributed by atoms with van der Waals surface area (Å²) in [7, 11) is -3.36. The molecule has 5 nitrogen and oxygen atoms in total. The van der Waals surface area contributed by atoms with E-state index in [4.69, 9.17) is 0 Å². The van der Waals surface area contributed by atoms with Gasteiger partial charge in [-0.2, -0.15) is 0 Å². The molecule has 124 valence electrons. The fraction of sp³-hybridized carbons (Fsp3) is 0.118. The van der Waals surface area contributed by atoms with Crippen molar-refractivity contribution in [3.63, 3.8) is 0 Å². The molecule has 1 amide bonds. The van der Waals surface area contributed by atoms with Crippen molar-refractivity contribution >= 4 is 32.3 Å². The van der Waals surface area contributed by atoms with Crippen LogP contribution in [0.25, 0.3) is 22.0 Å². The number of carbonyl (C=O) groups excluding carboxylic acids is 1. The lowest BCUT2D eigenvalue weighted by atomic mass is 10.0. The predicted molar refractivity (Wildman–Crippen MR) is 92.0 cm³/mol. The van der Waals surface area contributed by atoms with Gasteiger partial charge in [-0.15, -0.1) is 0 Å². The highest BCUT2D eigenvalue weighted by Gasteiger charge is 2.11. The van der Waals surface area contributed by atoms with Crippen LogP contribution in [-0.2, 0) is 14.6 Å². The number of benzene rings is 2. The fourth-order valence-electron chi connectivity index (χ4n) is 2.51. The summed E-state index contributed by atoms with van der Waals surface area (Å²) >= 11 is 0. The van der Waals surface area contributed by atoms with E-state index in [-0.39, 0.29) is 5.82 Å². The summed E-state index contributed by atoms with van der Waals surface area (Å²) in [5.41, 5.74) is 3.03. The van der Waals surface area contributed by atoms with Crippen LogP contribution in [0, 0.1) is 5.82 Å². The number of rotatable bonds is 4. The number of sulfone groups is 1. The topological polar surface area (TPSA) is 79.0 Å². The van der Waals surface area contributed by atoms with Crippen LogP contribution in [0.1, 0.15) is 0 Å². The Kier molecular flexibility index (Phi) is 4.11. The lowest BCUT2D eigenvalue weighted by Crippen LogP contribution is -2.21. The molecule has 1 aromatic heterocycles.